The van der Waals surface area contributed by atoms with Crippen LogP contribution in [0.25, 0.3) is 11.1 Å². The Morgan fingerprint density at radius 1 is 1.40 bits per heavy atom. The van der Waals surface area contributed by atoms with E-state index in [1.165, 1.54) is 12.1 Å². The van der Waals surface area contributed by atoms with Crippen LogP contribution in [0.15, 0.2) is 34.9 Å². The molecule has 0 aliphatic carbocycles. The smallest absolute Gasteiger partial charge is 0.298 e. The zero-order chi connectivity index (χ0) is 17.4. The molecule has 1 amide bonds. The third-order valence-electron chi connectivity index (χ3n) is 4.42. The molecule has 1 atom stereocenters. The van der Waals surface area contributed by atoms with Gasteiger partial charge in [-0.05, 0) is 31.0 Å². The molecule has 130 valence electrons. The molecule has 25 heavy (non-hydrogen) atoms. The van der Waals surface area contributed by atoms with Gasteiger partial charge in [-0.25, -0.2) is 4.39 Å². The number of aromatic nitrogens is 3. The number of hydrogen-bond acceptors (Lipinski definition) is 5. The lowest BCUT2D eigenvalue weighted by atomic mass is 10.1. The second-order valence-corrected chi connectivity index (χ2v) is 6.21. The number of carbonyl (C=O) groups is 1. The Bertz CT molecular complexity index is 919. The number of anilines is 1. The summed E-state index contributed by atoms with van der Waals surface area (Å²) < 4.78 is 20.5. The standard InChI is InChI=1S/C17H18FN5O2/c1-22-14(6-7-19-22)16(24)20-12-3-2-8-23(10-12)17-21-13-5-4-11(18)9-15(13)25-17/h4-7,9,12H,2-3,8,10H2,1H3,(H,20,24). The summed E-state index contributed by atoms with van der Waals surface area (Å²) in [4.78, 5) is 18.7. The van der Waals surface area contributed by atoms with Crippen LogP contribution in [0.3, 0.4) is 0 Å². The third-order valence-corrected chi connectivity index (χ3v) is 4.42. The summed E-state index contributed by atoms with van der Waals surface area (Å²) in [7, 11) is 1.74. The van der Waals surface area contributed by atoms with E-state index in [1.54, 1.807) is 30.1 Å². The van der Waals surface area contributed by atoms with Crippen LogP contribution in [-0.4, -0.2) is 39.8 Å². The van der Waals surface area contributed by atoms with E-state index in [4.69, 9.17) is 4.42 Å². The van der Waals surface area contributed by atoms with Crippen molar-refractivity contribution in [2.75, 3.05) is 18.0 Å². The minimum Gasteiger partial charge on any atom is -0.423 e. The van der Waals surface area contributed by atoms with Crippen molar-refractivity contribution in [2.45, 2.75) is 18.9 Å². The maximum Gasteiger partial charge on any atom is 0.298 e. The molecule has 4 rings (SSSR count). The number of halogens is 1. The fourth-order valence-corrected chi connectivity index (χ4v) is 3.15. The van der Waals surface area contributed by atoms with E-state index in [0.29, 0.717) is 29.4 Å². The molecular formula is C17H18FN5O2. The molecule has 3 heterocycles. The minimum atomic E-state index is -0.352. The zero-order valence-electron chi connectivity index (χ0n) is 13.8. The third kappa shape index (κ3) is 3.07. The Morgan fingerprint density at radius 3 is 3.08 bits per heavy atom. The van der Waals surface area contributed by atoms with Crippen molar-refractivity contribution < 1.29 is 13.6 Å². The molecule has 0 radical (unpaired) electrons. The van der Waals surface area contributed by atoms with Crippen LogP contribution in [0, 0.1) is 5.82 Å². The predicted molar refractivity (Wildman–Crippen MR) is 89.9 cm³/mol. The number of nitrogens with zero attached hydrogens (tertiary/aromatic N) is 4. The summed E-state index contributed by atoms with van der Waals surface area (Å²) in [6.45, 7) is 1.38. The fourth-order valence-electron chi connectivity index (χ4n) is 3.15. The van der Waals surface area contributed by atoms with Gasteiger partial charge < -0.3 is 14.6 Å². The van der Waals surface area contributed by atoms with E-state index >= 15 is 0 Å². The molecule has 7 nitrogen and oxygen atoms in total. The molecule has 2 aromatic heterocycles. The molecule has 1 aliphatic rings. The summed E-state index contributed by atoms with van der Waals surface area (Å²) in [5, 5.41) is 7.05. The average Bonchev–Trinajstić information content (AvgIpc) is 3.20. The maximum absolute atomic E-state index is 13.3. The van der Waals surface area contributed by atoms with Gasteiger partial charge in [-0.15, -0.1) is 0 Å². The lowest BCUT2D eigenvalue weighted by Crippen LogP contribution is -2.48. The molecule has 1 unspecified atom stereocenters. The van der Waals surface area contributed by atoms with Gasteiger partial charge in [0.05, 0.1) is 0 Å². The number of nitrogens with one attached hydrogen (secondary N) is 1. The molecule has 1 aliphatic heterocycles. The SMILES string of the molecule is Cn1nccc1C(=O)NC1CCCN(c2nc3ccc(F)cc3o2)C1. The maximum atomic E-state index is 13.3. The molecular weight excluding hydrogens is 325 g/mol. The van der Waals surface area contributed by atoms with Gasteiger partial charge in [0, 0.05) is 38.4 Å². The van der Waals surface area contributed by atoms with Crippen LogP contribution in [0.5, 0.6) is 0 Å². The van der Waals surface area contributed by atoms with Gasteiger partial charge in [0.2, 0.25) is 0 Å². The van der Waals surface area contributed by atoms with Gasteiger partial charge in [-0.2, -0.15) is 10.1 Å². The number of piperidine rings is 1. The molecule has 0 spiro atoms. The van der Waals surface area contributed by atoms with E-state index in [0.717, 1.165) is 19.4 Å². The number of fused-ring (bicyclic) bond motifs is 1. The van der Waals surface area contributed by atoms with Gasteiger partial charge in [0.15, 0.2) is 5.58 Å². The van der Waals surface area contributed by atoms with Gasteiger partial charge in [-0.3, -0.25) is 9.48 Å². The van der Waals surface area contributed by atoms with E-state index in [2.05, 4.69) is 15.4 Å². The van der Waals surface area contributed by atoms with Crippen LogP contribution in [-0.2, 0) is 7.05 Å². The lowest BCUT2D eigenvalue weighted by Gasteiger charge is -2.32. The van der Waals surface area contributed by atoms with Gasteiger partial charge in [0.1, 0.15) is 17.0 Å². The topological polar surface area (TPSA) is 76.2 Å². The number of rotatable bonds is 3. The van der Waals surface area contributed by atoms with Crippen molar-refractivity contribution in [3.8, 4) is 0 Å². The highest BCUT2D eigenvalue weighted by Gasteiger charge is 2.25. The molecule has 8 heteroatoms. The van der Waals surface area contributed by atoms with Gasteiger partial charge in [-0.1, -0.05) is 0 Å². The molecule has 1 N–H and O–H groups in total. The van der Waals surface area contributed by atoms with Crippen molar-refractivity contribution in [1.82, 2.24) is 20.1 Å². The Morgan fingerprint density at radius 2 is 2.28 bits per heavy atom. The molecule has 0 bridgehead atoms. The van der Waals surface area contributed by atoms with Crippen molar-refractivity contribution in [3.63, 3.8) is 0 Å². The highest BCUT2D eigenvalue weighted by molar-refractivity contribution is 5.92. The minimum absolute atomic E-state index is 0.0112. The van der Waals surface area contributed by atoms with Gasteiger partial charge >= 0.3 is 0 Å². The number of benzene rings is 1. The van der Waals surface area contributed by atoms with Crippen molar-refractivity contribution in [2.24, 2.45) is 7.05 Å². The van der Waals surface area contributed by atoms with Crippen LogP contribution < -0.4 is 10.2 Å². The van der Waals surface area contributed by atoms with E-state index < -0.39 is 0 Å². The number of amides is 1. The monoisotopic (exact) mass is 343 g/mol. The van der Waals surface area contributed by atoms with Gasteiger partial charge in [0.25, 0.3) is 11.9 Å². The first-order valence-electron chi connectivity index (χ1n) is 8.20. The normalized spacial score (nSPS) is 17.8. The van der Waals surface area contributed by atoms with Crippen LogP contribution in [0.1, 0.15) is 23.3 Å². The van der Waals surface area contributed by atoms with E-state index in [-0.39, 0.29) is 17.8 Å². The Balaban J connectivity index is 1.48. The van der Waals surface area contributed by atoms with Crippen LogP contribution >= 0.6 is 0 Å². The summed E-state index contributed by atoms with van der Waals surface area (Å²) in [6.07, 6.45) is 3.39. The molecule has 0 saturated carbocycles. The lowest BCUT2D eigenvalue weighted by molar-refractivity contribution is 0.0923. The van der Waals surface area contributed by atoms with Crippen LogP contribution in [0.2, 0.25) is 0 Å². The van der Waals surface area contributed by atoms with E-state index in [1.807, 2.05) is 4.90 Å². The summed E-state index contributed by atoms with van der Waals surface area (Å²) in [5.74, 6) is -0.498. The average molecular weight is 343 g/mol. The van der Waals surface area contributed by atoms with Crippen LogP contribution in [0.4, 0.5) is 10.4 Å². The highest BCUT2D eigenvalue weighted by Crippen LogP contribution is 2.25. The number of carbonyl (C=O) groups excluding carboxylic acids is 1. The zero-order valence-corrected chi connectivity index (χ0v) is 13.8. The summed E-state index contributed by atoms with van der Waals surface area (Å²) in [5.41, 5.74) is 1.57. The van der Waals surface area contributed by atoms with E-state index in [9.17, 15) is 9.18 Å². The predicted octanol–water partition coefficient (Wildman–Crippen LogP) is 2.10. The largest absolute Gasteiger partial charge is 0.423 e. The van der Waals surface area contributed by atoms with Crippen molar-refractivity contribution in [3.05, 3.63) is 42.0 Å². The van der Waals surface area contributed by atoms with Crippen molar-refractivity contribution in [1.29, 1.82) is 0 Å². The Labute approximate surface area is 143 Å². The van der Waals surface area contributed by atoms with Crippen molar-refractivity contribution >= 4 is 23.0 Å². The molecule has 1 aromatic carbocycles. The quantitative estimate of drug-likeness (QED) is 0.788. The molecule has 3 aromatic rings. The number of oxazole rings is 1. The molecule has 1 saturated heterocycles. The Kier molecular flexibility index (Phi) is 3.87. The fraction of sp³-hybridized carbons (Fsp3) is 0.353. The number of hydrogen-bond donors (Lipinski definition) is 1. The summed E-state index contributed by atoms with van der Waals surface area (Å²) >= 11 is 0. The second kappa shape index (κ2) is 6.19. The molecule has 1 fully saturated rings. The first kappa shape index (κ1) is 15.6. The first-order chi connectivity index (χ1) is 12.1. The Hall–Kier alpha value is -2.90. The highest BCUT2D eigenvalue weighted by atomic mass is 19.1. The number of aryl methyl sites for hydroxylation is 1. The second-order valence-electron chi connectivity index (χ2n) is 6.21. The summed E-state index contributed by atoms with van der Waals surface area (Å²) in [6, 6.07) is 6.43. The first-order valence-corrected chi connectivity index (χ1v) is 8.20.